The number of imidazole rings is 1. The van der Waals surface area contributed by atoms with Crippen LogP contribution in [0.15, 0.2) is 55.0 Å². The average Bonchev–Trinajstić information content (AvgIpc) is 3.15. The summed E-state index contributed by atoms with van der Waals surface area (Å²) in [4.78, 5) is 22.7. The zero-order valence-corrected chi connectivity index (χ0v) is 11.1. The highest BCUT2D eigenvalue weighted by Crippen LogP contribution is 2.23. The van der Waals surface area contributed by atoms with E-state index in [0.717, 1.165) is 27.6 Å². The zero-order valence-electron chi connectivity index (χ0n) is 11.1. The lowest BCUT2D eigenvalue weighted by Crippen LogP contribution is -2.11. The van der Waals surface area contributed by atoms with Gasteiger partial charge in [-0.05, 0) is 36.4 Å². The molecule has 5 heteroatoms. The number of rotatable bonds is 2. The van der Waals surface area contributed by atoms with E-state index in [1.54, 1.807) is 18.5 Å². The summed E-state index contributed by atoms with van der Waals surface area (Å²) in [6.07, 6.45) is 3.48. The number of hydrogen-bond donors (Lipinski definition) is 3. The predicted octanol–water partition coefficient (Wildman–Crippen LogP) is 3.30. The fourth-order valence-electron chi connectivity index (χ4n) is 2.47. The fourth-order valence-corrected chi connectivity index (χ4v) is 2.47. The summed E-state index contributed by atoms with van der Waals surface area (Å²) >= 11 is 0. The lowest BCUT2D eigenvalue weighted by molar-refractivity contribution is 0.102. The van der Waals surface area contributed by atoms with Crippen molar-refractivity contribution in [2.75, 3.05) is 5.32 Å². The molecule has 0 saturated heterocycles. The molecule has 0 aliphatic carbocycles. The van der Waals surface area contributed by atoms with Crippen molar-refractivity contribution in [2.24, 2.45) is 0 Å². The van der Waals surface area contributed by atoms with E-state index in [-0.39, 0.29) is 5.91 Å². The van der Waals surface area contributed by atoms with E-state index in [4.69, 9.17) is 0 Å². The molecule has 5 nitrogen and oxygen atoms in total. The Kier molecular flexibility index (Phi) is 2.50. The second kappa shape index (κ2) is 4.49. The molecule has 2 heterocycles. The van der Waals surface area contributed by atoms with Crippen LogP contribution >= 0.6 is 0 Å². The molecule has 4 rings (SSSR count). The predicted molar refractivity (Wildman–Crippen MR) is 82.3 cm³/mol. The maximum absolute atomic E-state index is 12.4. The number of hydrogen-bond acceptors (Lipinski definition) is 2. The number of fused-ring (bicyclic) bond motifs is 2. The molecule has 0 bridgehead atoms. The highest BCUT2D eigenvalue weighted by atomic mass is 16.1. The Morgan fingerprint density at radius 2 is 2.00 bits per heavy atom. The summed E-state index contributed by atoms with van der Waals surface area (Å²) in [5.74, 6) is -0.139. The van der Waals surface area contributed by atoms with Crippen molar-refractivity contribution < 1.29 is 4.79 Å². The molecule has 0 radical (unpaired) electrons. The summed E-state index contributed by atoms with van der Waals surface area (Å²) in [7, 11) is 0. The Morgan fingerprint density at radius 1 is 1.05 bits per heavy atom. The monoisotopic (exact) mass is 276 g/mol. The van der Waals surface area contributed by atoms with Gasteiger partial charge in [0.05, 0.1) is 23.0 Å². The molecule has 4 aromatic rings. The molecule has 0 spiro atoms. The van der Waals surface area contributed by atoms with Crippen LogP contribution in [0.2, 0.25) is 0 Å². The molecule has 0 saturated carbocycles. The molecule has 3 N–H and O–H groups in total. The average molecular weight is 276 g/mol. The summed E-state index contributed by atoms with van der Waals surface area (Å²) in [5, 5.41) is 3.94. The third-order valence-corrected chi connectivity index (χ3v) is 3.53. The number of anilines is 1. The second-order valence-electron chi connectivity index (χ2n) is 4.83. The van der Waals surface area contributed by atoms with Crippen molar-refractivity contribution in [1.82, 2.24) is 15.0 Å². The van der Waals surface area contributed by atoms with Crippen LogP contribution in [-0.2, 0) is 0 Å². The number of nitrogens with zero attached hydrogens (tertiary/aromatic N) is 1. The van der Waals surface area contributed by atoms with Gasteiger partial charge >= 0.3 is 0 Å². The standard InChI is InChI=1S/C16H12N4O/c21-16(10-4-5-14-15(8-10)19-9-18-14)20-13-3-1-2-12-11(13)6-7-17-12/h1-9,17H,(H,18,19)(H,20,21). The van der Waals surface area contributed by atoms with Gasteiger partial charge < -0.3 is 15.3 Å². The topological polar surface area (TPSA) is 73.6 Å². The van der Waals surface area contributed by atoms with Gasteiger partial charge in [-0.1, -0.05) is 6.07 Å². The Hall–Kier alpha value is -3.08. The number of benzene rings is 2. The molecular weight excluding hydrogens is 264 g/mol. The van der Waals surface area contributed by atoms with Gasteiger partial charge in [0.2, 0.25) is 0 Å². The SMILES string of the molecule is O=C(Nc1cccc2[nH]ccc12)c1ccc2nc[nH]c2c1. The van der Waals surface area contributed by atoms with Crippen molar-refractivity contribution in [3.05, 3.63) is 60.6 Å². The van der Waals surface area contributed by atoms with Crippen molar-refractivity contribution >= 4 is 33.5 Å². The Balaban J connectivity index is 1.70. The number of amides is 1. The third kappa shape index (κ3) is 1.95. The van der Waals surface area contributed by atoms with Crippen molar-refractivity contribution in [3.8, 4) is 0 Å². The van der Waals surface area contributed by atoms with E-state index >= 15 is 0 Å². The van der Waals surface area contributed by atoms with Gasteiger partial charge in [-0.3, -0.25) is 4.79 Å². The van der Waals surface area contributed by atoms with Crippen LogP contribution in [0.5, 0.6) is 0 Å². The van der Waals surface area contributed by atoms with Crippen LogP contribution < -0.4 is 5.32 Å². The molecular formula is C16H12N4O. The van der Waals surface area contributed by atoms with Gasteiger partial charge in [0.1, 0.15) is 0 Å². The number of aromatic nitrogens is 3. The van der Waals surface area contributed by atoms with Gasteiger partial charge in [0, 0.05) is 22.7 Å². The molecule has 1 amide bonds. The van der Waals surface area contributed by atoms with Crippen LogP contribution in [0.3, 0.4) is 0 Å². The van der Waals surface area contributed by atoms with Crippen LogP contribution in [0.4, 0.5) is 5.69 Å². The zero-order chi connectivity index (χ0) is 14.2. The first kappa shape index (κ1) is 11.7. The molecule has 2 aromatic heterocycles. The van der Waals surface area contributed by atoms with Crippen LogP contribution in [0, 0.1) is 0 Å². The largest absolute Gasteiger partial charge is 0.361 e. The summed E-state index contributed by atoms with van der Waals surface area (Å²) < 4.78 is 0. The molecule has 0 aliphatic heterocycles. The maximum atomic E-state index is 12.4. The normalized spacial score (nSPS) is 11.0. The number of carbonyl (C=O) groups is 1. The van der Waals surface area contributed by atoms with Crippen molar-refractivity contribution in [2.45, 2.75) is 0 Å². The first-order valence-corrected chi connectivity index (χ1v) is 6.62. The van der Waals surface area contributed by atoms with Gasteiger partial charge in [0.15, 0.2) is 0 Å². The smallest absolute Gasteiger partial charge is 0.255 e. The minimum absolute atomic E-state index is 0.139. The molecule has 0 atom stereocenters. The first-order valence-electron chi connectivity index (χ1n) is 6.62. The van der Waals surface area contributed by atoms with Crippen LogP contribution in [-0.4, -0.2) is 20.9 Å². The number of aromatic amines is 2. The van der Waals surface area contributed by atoms with Gasteiger partial charge in [-0.25, -0.2) is 4.98 Å². The fraction of sp³-hybridized carbons (Fsp3) is 0. The quantitative estimate of drug-likeness (QED) is 0.525. The lowest BCUT2D eigenvalue weighted by atomic mass is 10.1. The molecule has 2 aromatic carbocycles. The van der Waals surface area contributed by atoms with E-state index in [1.165, 1.54) is 0 Å². The Bertz CT molecular complexity index is 951. The van der Waals surface area contributed by atoms with Crippen molar-refractivity contribution in [1.29, 1.82) is 0 Å². The van der Waals surface area contributed by atoms with E-state index in [0.29, 0.717) is 5.56 Å². The van der Waals surface area contributed by atoms with E-state index in [9.17, 15) is 4.79 Å². The van der Waals surface area contributed by atoms with Crippen LogP contribution in [0.1, 0.15) is 10.4 Å². The molecule has 21 heavy (non-hydrogen) atoms. The Morgan fingerprint density at radius 3 is 2.95 bits per heavy atom. The van der Waals surface area contributed by atoms with Crippen molar-refractivity contribution in [3.63, 3.8) is 0 Å². The van der Waals surface area contributed by atoms with E-state index in [2.05, 4.69) is 20.3 Å². The number of carbonyl (C=O) groups excluding carboxylic acids is 1. The minimum Gasteiger partial charge on any atom is -0.361 e. The number of H-pyrrole nitrogens is 2. The molecule has 0 unspecified atom stereocenters. The second-order valence-corrected chi connectivity index (χ2v) is 4.83. The molecule has 0 fully saturated rings. The van der Waals surface area contributed by atoms with E-state index in [1.807, 2.05) is 36.5 Å². The highest BCUT2D eigenvalue weighted by molar-refractivity contribution is 6.09. The summed E-state index contributed by atoms with van der Waals surface area (Å²) in [5.41, 5.74) is 4.08. The van der Waals surface area contributed by atoms with E-state index < -0.39 is 0 Å². The Labute approximate surface area is 120 Å². The lowest BCUT2D eigenvalue weighted by Gasteiger charge is -2.06. The van der Waals surface area contributed by atoms with Crippen LogP contribution in [0.25, 0.3) is 21.9 Å². The third-order valence-electron chi connectivity index (χ3n) is 3.53. The van der Waals surface area contributed by atoms with Gasteiger partial charge in [-0.2, -0.15) is 0 Å². The minimum atomic E-state index is -0.139. The maximum Gasteiger partial charge on any atom is 0.255 e. The summed E-state index contributed by atoms with van der Waals surface area (Å²) in [6, 6.07) is 13.1. The first-order chi connectivity index (χ1) is 10.3. The molecule has 0 aliphatic rings. The van der Waals surface area contributed by atoms with Gasteiger partial charge in [-0.15, -0.1) is 0 Å². The van der Waals surface area contributed by atoms with Gasteiger partial charge in [0.25, 0.3) is 5.91 Å². The number of nitrogens with one attached hydrogen (secondary N) is 3. The summed E-state index contributed by atoms with van der Waals surface area (Å²) in [6.45, 7) is 0. The highest BCUT2D eigenvalue weighted by Gasteiger charge is 2.10. The molecule has 102 valence electrons.